The van der Waals surface area contributed by atoms with Gasteiger partial charge in [0.15, 0.2) is 11.5 Å². The van der Waals surface area contributed by atoms with E-state index in [0.29, 0.717) is 46.2 Å². The maximum atomic E-state index is 13.4. The number of esters is 1. The number of carbonyl (C=O) groups is 3. The van der Waals surface area contributed by atoms with E-state index in [-0.39, 0.29) is 24.8 Å². The van der Waals surface area contributed by atoms with Crippen LogP contribution in [0.15, 0.2) is 60.7 Å². The summed E-state index contributed by atoms with van der Waals surface area (Å²) in [4.78, 5) is 40.5. The Morgan fingerprint density at radius 2 is 1.66 bits per heavy atom. The predicted molar refractivity (Wildman–Crippen MR) is 141 cm³/mol. The molecular weight excluding hydrogens is 488 g/mol. The lowest BCUT2D eigenvalue weighted by molar-refractivity contribution is -0.117. The van der Waals surface area contributed by atoms with Crippen molar-refractivity contribution < 1.29 is 33.3 Å². The number of nitrogens with zero attached hydrogens (tertiary/aromatic N) is 1. The molecule has 1 N–H and O–H groups in total. The third-order valence-corrected chi connectivity index (χ3v) is 6.33. The van der Waals surface area contributed by atoms with Crippen molar-refractivity contribution in [2.45, 2.75) is 25.9 Å². The first kappa shape index (κ1) is 26.5. The fourth-order valence-electron chi connectivity index (χ4n) is 4.56. The maximum Gasteiger partial charge on any atom is 0.338 e. The number of rotatable bonds is 10. The summed E-state index contributed by atoms with van der Waals surface area (Å²) in [6.07, 6.45) is -0.0536. The van der Waals surface area contributed by atoms with Gasteiger partial charge in [-0.15, -0.1) is 0 Å². The van der Waals surface area contributed by atoms with Gasteiger partial charge >= 0.3 is 5.97 Å². The molecule has 1 aliphatic heterocycles. The molecule has 0 aromatic heterocycles. The van der Waals surface area contributed by atoms with Crippen LogP contribution < -0.4 is 19.5 Å². The minimum absolute atomic E-state index is 0.0536. The molecule has 4 rings (SSSR count). The highest BCUT2D eigenvalue weighted by molar-refractivity contribution is 5.99. The summed E-state index contributed by atoms with van der Waals surface area (Å²) >= 11 is 0. The molecule has 1 heterocycles. The lowest BCUT2D eigenvalue weighted by Crippen LogP contribution is -2.32. The molecule has 9 heteroatoms. The summed E-state index contributed by atoms with van der Waals surface area (Å²) in [5, 5.41) is 2.85. The van der Waals surface area contributed by atoms with E-state index >= 15 is 0 Å². The second-order valence-electron chi connectivity index (χ2n) is 8.62. The molecule has 198 valence electrons. The van der Waals surface area contributed by atoms with Gasteiger partial charge in [0.25, 0.3) is 5.91 Å². The summed E-state index contributed by atoms with van der Waals surface area (Å²) in [6, 6.07) is 16.8. The van der Waals surface area contributed by atoms with Crippen molar-refractivity contribution in [1.82, 2.24) is 4.90 Å². The van der Waals surface area contributed by atoms with E-state index in [0.717, 1.165) is 5.56 Å². The van der Waals surface area contributed by atoms with E-state index < -0.39 is 12.0 Å². The monoisotopic (exact) mass is 518 g/mol. The third kappa shape index (κ3) is 5.41. The van der Waals surface area contributed by atoms with Gasteiger partial charge in [-0.25, -0.2) is 4.79 Å². The first-order valence-corrected chi connectivity index (χ1v) is 12.2. The molecule has 0 aliphatic carbocycles. The van der Waals surface area contributed by atoms with Gasteiger partial charge in [-0.05, 0) is 54.4 Å². The number of hydrogen-bond donors (Lipinski definition) is 1. The van der Waals surface area contributed by atoms with Crippen LogP contribution in [0.25, 0.3) is 0 Å². The smallest absolute Gasteiger partial charge is 0.338 e. The molecule has 0 spiro atoms. The zero-order chi connectivity index (χ0) is 27.2. The largest absolute Gasteiger partial charge is 0.493 e. The van der Waals surface area contributed by atoms with Gasteiger partial charge in [-0.3, -0.25) is 9.59 Å². The minimum atomic E-state index is -0.642. The van der Waals surface area contributed by atoms with Crippen LogP contribution in [0.5, 0.6) is 17.2 Å². The van der Waals surface area contributed by atoms with E-state index in [9.17, 15) is 14.4 Å². The van der Waals surface area contributed by atoms with Crippen LogP contribution in [0.3, 0.4) is 0 Å². The van der Waals surface area contributed by atoms with Crippen LogP contribution in [0.2, 0.25) is 0 Å². The summed E-state index contributed by atoms with van der Waals surface area (Å²) in [7, 11) is 4.53. The van der Waals surface area contributed by atoms with Crippen LogP contribution in [0.4, 0.5) is 5.69 Å². The van der Waals surface area contributed by atoms with E-state index in [1.807, 2.05) is 18.2 Å². The van der Waals surface area contributed by atoms with E-state index in [2.05, 4.69) is 5.32 Å². The van der Waals surface area contributed by atoms with Crippen LogP contribution in [-0.2, 0) is 16.1 Å². The van der Waals surface area contributed by atoms with Gasteiger partial charge in [0.1, 0.15) is 0 Å². The number of methoxy groups -OCH3 is 3. The second-order valence-corrected chi connectivity index (χ2v) is 8.62. The predicted octanol–water partition coefficient (Wildman–Crippen LogP) is 4.62. The van der Waals surface area contributed by atoms with Gasteiger partial charge in [0.2, 0.25) is 11.7 Å². The molecule has 0 saturated heterocycles. The van der Waals surface area contributed by atoms with Gasteiger partial charge in [-0.2, -0.15) is 0 Å². The lowest BCUT2D eigenvalue weighted by atomic mass is 10.00. The number of anilines is 1. The number of amides is 2. The first-order chi connectivity index (χ1) is 18.4. The standard InChI is InChI=1S/C29H30N2O7/c1-5-38-29(34)18-10-8-11-21(13-18)30-26(32)16-23(31-17-19-9-6-7-12-22(19)28(31)33)20-14-24(35-2)27(37-4)25(15-20)36-3/h6-15,23H,5,16-17H2,1-4H3,(H,30,32)/t23-/m1/s1. The molecule has 1 atom stereocenters. The van der Waals surface area contributed by atoms with Crippen LogP contribution in [0.1, 0.15) is 51.2 Å². The number of benzene rings is 3. The van der Waals surface area contributed by atoms with Crippen molar-refractivity contribution in [2.75, 3.05) is 33.3 Å². The molecule has 0 bridgehead atoms. The SMILES string of the molecule is CCOC(=O)c1cccc(NC(=O)C[C@H](c2cc(OC)c(OC)c(OC)c2)N2Cc3ccccc3C2=O)c1. The number of carbonyl (C=O) groups excluding carboxylic acids is 3. The number of nitrogens with one attached hydrogen (secondary N) is 1. The summed E-state index contributed by atoms with van der Waals surface area (Å²) in [6.45, 7) is 2.32. The zero-order valence-electron chi connectivity index (χ0n) is 21.8. The molecule has 0 fully saturated rings. The van der Waals surface area contributed by atoms with Crippen molar-refractivity contribution in [3.8, 4) is 17.2 Å². The van der Waals surface area contributed by atoms with E-state index in [4.69, 9.17) is 18.9 Å². The molecule has 9 nitrogen and oxygen atoms in total. The fraction of sp³-hybridized carbons (Fsp3) is 0.276. The maximum absolute atomic E-state index is 13.4. The molecule has 3 aromatic rings. The topological polar surface area (TPSA) is 103 Å². The second kappa shape index (κ2) is 11.7. The van der Waals surface area contributed by atoms with E-state index in [1.165, 1.54) is 21.3 Å². The number of hydrogen-bond acceptors (Lipinski definition) is 7. The molecule has 0 unspecified atom stereocenters. The van der Waals surface area contributed by atoms with E-state index in [1.54, 1.807) is 54.3 Å². The third-order valence-electron chi connectivity index (χ3n) is 6.33. The molecule has 2 amide bonds. The highest BCUT2D eigenvalue weighted by Gasteiger charge is 2.35. The van der Waals surface area contributed by atoms with Crippen molar-refractivity contribution in [3.63, 3.8) is 0 Å². The van der Waals surface area contributed by atoms with Crippen molar-refractivity contribution in [2.24, 2.45) is 0 Å². The Labute approximate surface area is 221 Å². The Hall–Kier alpha value is -4.53. The minimum Gasteiger partial charge on any atom is -0.493 e. The highest BCUT2D eigenvalue weighted by Crippen LogP contribution is 2.43. The Kier molecular flexibility index (Phi) is 8.15. The fourth-order valence-corrected chi connectivity index (χ4v) is 4.56. The Morgan fingerprint density at radius 3 is 2.29 bits per heavy atom. The molecular formula is C29H30N2O7. The van der Waals surface area contributed by atoms with Crippen LogP contribution in [0, 0.1) is 0 Å². The molecule has 38 heavy (non-hydrogen) atoms. The van der Waals surface area contributed by atoms with Crippen LogP contribution >= 0.6 is 0 Å². The van der Waals surface area contributed by atoms with Crippen LogP contribution in [-0.4, -0.2) is 50.6 Å². The number of ether oxygens (including phenoxy) is 4. The number of fused-ring (bicyclic) bond motifs is 1. The summed E-state index contributed by atoms with van der Waals surface area (Å²) in [5.41, 5.74) is 2.91. The molecule has 0 radical (unpaired) electrons. The van der Waals surface area contributed by atoms with Gasteiger partial charge in [-0.1, -0.05) is 24.3 Å². The van der Waals surface area contributed by atoms with Gasteiger partial charge in [0, 0.05) is 17.8 Å². The lowest BCUT2D eigenvalue weighted by Gasteiger charge is -2.29. The average molecular weight is 519 g/mol. The normalized spacial score (nSPS) is 12.9. The Balaban J connectivity index is 1.67. The van der Waals surface area contributed by atoms with Crippen molar-refractivity contribution >= 4 is 23.5 Å². The van der Waals surface area contributed by atoms with Gasteiger partial charge < -0.3 is 29.2 Å². The quantitative estimate of drug-likeness (QED) is 0.391. The zero-order valence-corrected chi connectivity index (χ0v) is 21.8. The summed E-state index contributed by atoms with van der Waals surface area (Å²) < 4.78 is 21.6. The molecule has 0 saturated carbocycles. The Morgan fingerprint density at radius 1 is 0.947 bits per heavy atom. The summed E-state index contributed by atoms with van der Waals surface area (Å²) in [5.74, 6) is 0.259. The van der Waals surface area contributed by atoms with Crippen molar-refractivity contribution in [1.29, 1.82) is 0 Å². The average Bonchev–Trinajstić information content (AvgIpc) is 3.27. The molecule has 1 aliphatic rings. The van der Waals surface area contributed by atoms with Crippen molar-refractivity contribution in [3.05, 3.63) is 82.9 Å². The first-order valence-electron chi connectivity index (χ1n) is 12.2. The van der Waals surface area contributed by atoms with Gasteiger partial charge in [0.05, 0.1) is 46.0 Å². The molecule has 3 aromatic carbocycles. The Bertz CT molecular complexity index is 1330. The highest BCUT2D eigenvalue weighted by atomic mass is 16.5.